The van der Waals surface area contributed by atoms with Crippen LogP contribution >= 0.6 is 0 Å². The van der Waals surface area contributed by atoms with Crippen molar-refractivity contribution in [2.45, 2.75) is 33.7 Å². The summed E-state index contributed by atoms with van der Waals surface area (Å²) in [6, 6.07) is 14.4. The fourth-order valence-electron chi connectivity index (χ4n) is 2.89. The molecular formula is C20H26N2O. The third kappa shape index (κ3) is 4.85. The van der Waals surface area contributed by atoms with Crippen LogP contribution < -0.4 is 5.32 Å². The highest BCUT2D eigenvalue weighted by Gasteiger charge is 2.10. The Kier molecular flexibility index (Phi) is 5.80. The number of anilines is 1. The molecule has 0 aromatic heterocycles. The molecule has 23 heavy (non-hydrogen) atoms. The van der Waals surface area contributed by atoms with Crippen LogP contribution in [0.25, 0.3) is 0 Å². The van der Waals surface area contributed by atoms with Gasteiger partial charge in [0.2, 0.25) is 5.91 Å². The molecule has 0 unspecified atom stereocenters. The van der Waals surface area contributed by atoms with Crippen molar-refractivity contribution in [3.05, 3.63) is 64.7 Å². The fourth-order valence-corrected chi connectivity index (χ4v) is 2.89. The van der Waals surface area contributed by atoms with Gasteiger partial charge in [0.25, 0.3) is 0 Å². The maximum Gasteiger partial charge on any atom is 0.224 e. The Morgan fingerprint density at radius 2 is 1.65 bits per heavy atom. The standard InChI is InChI=1S/C20H26N2O/c1-15-12-16(2)20(17(3)13-15)21-11-10-19(23)22(4)14-18-8-6-5-7-9-18/h5-9,12-13,21H,10-11,14H2,1-4H3. The average molecular weight is 310 g/mol. The predicted molar refractivity (Wildman–Crippen MR) is 96.7 cm³/mol. The lowest BCUT2D eigenvalue weighted by Gasteiger charge is -2.18. The Morgan fingerprint density at radius 1 is 1.04 bits per heavy atom. The van der Waals surface area contributed by atoms with Crippen LogP contribution in [0.1, 0.15) is 28.7 Å². The minimum Gasteiger partial charge on any atom is -0.384 e. The summed E-state index contributed by atoms with van der Waals surface area (Å²) < 4.78 is 0. The maximum absolute atomic E-state index is 12.2. The average Bonchev–Trinajstić information content (AvgIpc) is 2.50. The van der Waals surface area contributed by atoms with Gasteiger partial charge in [-0.3, -0.25) is 4.79 Å². The highest BCUT2D eigenvalue weighted by atomic mass is 16.2. The van der Waals surface area contributed by atoms with Crippen molar-refractivity contribution in [2.75, 3.05) is 18.9 Å². The van der Waals surface area contributed by atoms with Gasteiger partial charge < -0.3 is 10.2 Å². The molecule has 2 aromatic rings. The molecule has 0 aliphatic heterocycles. The molecule has 0 saturated heterocycles. The Hall–Kier alpha value is -2.29. The number of carbonyl (C=O) groups is 1. The normalized spacial score (nSPS) is 10.4. The first-order valence-corrected chi connectivity index (χ1v) is 8.07. The second-order valence-electron chi connectivity index (χ2n) is 6.19. The summed E-state index contributed by atoms with van der Waals surface area (Å²) in [4.78, 5) is 14.0. The fraction of sp³-hybridized carbons (Fsp3) is 0.350. The first-order valence-electron chi connectivity index (χ1n) is 8.07. The number of benzene rings is 2. The van der Waals surface area contributed by atoms with Gasteiger partial charge >= 0.3 is 0 Å². The molecule has 0 heterocycles. The van der Waals surface area contributed by atoms with E-state index in [1.54, 1.807) is 4.90 Å². The predicted octanol–water partition coefficient (Wildman–Crippen LogP) is 4.07. The van der Waals surface area contributed by atoms with Crippen molar-refractivity contribution in [2.24, 2.45) is 0 Å². The number of amides is 1. The minimum absolute atomic E-state index is 0.156. The molecule has 0 aliphatic rings. The number of hydrogen-bond donors (Lipinski definition) is 1. The minimum atomic E-state index is 0.156. The van der Waals surface area contributed by atoms with E-state index in [1.807, 2.05) is 37.4 Å². The molecule has 0 atom stereocenters. The second kappa shape index (κ2) is 7.82. The summed E-state index contributed by atoms with van der Waals surface area (Å²) in [5.74, 6) is 0.156. The summed E-state index contributed by atoms with van der Waals surface area (Å²) in [6.45, 7) is 7.62. The molecule has 0 spiro atoms. The summed E-state index contributed by atoms with van der Waals surface area (Å²) >= 11 is 0. The van der Waals surface area contributed by atoms with E-state index in [4.69, 9.17) is 0 Å². The third-order valence-electron chi connectivity index (χ3n) is 4.01. The number of nitrogens with zero attached hydrogens (tertiary/aromatic N) is 1. The van der Waals surface area contributed by atoms with Crippen molar-refractivity contribution in [1.82, 2.24) is 4.90 Å². The monoisotopic (exact) mass is 310 g/mol. The summed E-state index contributed by atoms with van der Waals surface area (Å²) in [6.07, 6.45) is 0.496. The van der Waals surface area contributed by atoms with Gasteiger partial charge in [0, 0.05) is 32.2 Å². The van der Waals surface area contributed by atoms with Gasteiger partial charge in [-0.2, -0.15) is 0 Å². The van der Waals surface area contributed by atoms with Gasteiger partial charge in [-0.1, -0.05) is 48.0 Å². The Bertz CT molecular complexity index is 642. The van der Waals surface area contributed by atoms with E-state index in [1.165, 1.54) is 16.7 Å². The molecule has 2 aromatic carbocycles. The molecule has 0 radical (unpaired) electrons. The van der Waals surface area contributed by atoms with Crippen LogP contribution in [-0.4, -0.2) is 24.4 Å². The zero-order valence-corrected chi connectivity index (χ0v) is 14.5. The molecule has 2 rings (SSSR count). The number of aryl methyl sites for hydroxylation is 3. The number of nitrogens with one attached hydrogen (secondary N) is 1. The van der Waals surface area contributed by atoms with E-state index in [2.05, 4.69) is 38.2 Å². The van der Waals surface area contributed by atoms with Crippen LogP contribution in [0.4, 0.5) is 5.69 Å². The summed E-state index contributed by atoms with van der Waals surface area (Å²) in [5.41, 5.74) is 6.03. The summed E-state index contributed by atoms with van der Waals surface area (Å²) in [7, 11) is 1.86. The van der Waals surface area contributed by atoms with E-state index in [0.717, 1.165) is 11.3 Å². The molecule has 1 amide bonds. The highest BCUT2D eigenvalue weighted by Crippen LogP contribution is 2.21. The molecule has 3 nitrogen and oxygen atoms in total. The number of hydrogen-bond acceptors (Lipinski definition) is 2. The van der Waals surface area contributed by atoms with E-state index in [0.29, 0.717) is 19.5 Å². The van der Waals surface area contributed by atoms with Crippen LogP contribution in [-0.2, 0) is 11.3 Å². The zero-order chi connectivity index (χ0) is 16.8. The molecule has 122 valence electrons. The quantitative estimate of drug-likeness (QED) is 0.872. The first-order chi connectivity index (χ1) is 11.0. The van der Waals surface area contributed by atoms with Crippen molar-refractivity contribution >= 4 is 11.6 Å². The lowest BCUT2D eigenvalue weighted by atomic mass is 10.1. The van der Waals surface area contributed by atoms with Crippen molar-refractivity contribution in [3.8, 4) is 0 Å². The smallest absolute Gasteiger partial charge is 0.224 e. The second-order valence-corrected chi connectivity index (χ2v) is 6.19. The lowest BCUT2D eigenvalue weighted by molar-refractivity contribution is -0.130. The molecule has 1 N–H and O–H groups in total. The Labute approximate surface area is 139 Å². The van der Waals surface area contributed by atoms with Gasteiger partial charge in [0.05, 0.1) is 0 Å². The highest BCUT2D eigenvalue weighted by molar-refractivity contribution is 5.76. The van der Waals surface area contributed by atoms with Gasteiger partial charge in [-0.15, -0.1) is 0 Å². The SMILES string of the molecule is Cc1cc(C)c(NCCC(=O)N(C)Cc2ccccc2)c(C)c1. The lowest BCUT2D eigenvalue weighted by Crippen LogP contribution is -2.27. The van der Waals surface area contributed by atoms with Gasteiger partial charge in [-0.05, 0) is 37.5 Å². The molecule has 3 heteroatoms. The van der Waals surface area contributed by atoms with E-state index < -0.39 is 0 Å². The first kappa shape index (κ1) is 17.1. The van der Waals surface area contributed by atoms with Gasteiger partial charge in [-0.25, -0.2) is 0 Å². The van der Waals surface area contributed by atoms with Crippen LogP contribution in [0, 0.1) is 20.8 Å². The molecule has 0 bridgehead atoms. The topological polar surface area (TPSA) is 32.3 Å². The van der Waals surface area contributed by atoms with E-state index >= 15 is 0 Å². The molecular weight excluding hydrogens is 284 g/mol. The van der Waals surface area contributed by atoms with Gasteiger partial charge in [0.15, 0.2) is 0 Å². The molecule has 0 saturated carbocycles. The van der Waals surface area contributed by atoms with Crippen LogP contribution in [0.2, 0.25) is 0 Å². The number of carbonyl (C=O) groups excluding carboxylic acids is 1. The van der Waals surface area contributed by atoms with Crippen LogP contribution in [0.15, 0.2) is 42.5 Å². The maximum atomic E-state index is 12.2. The van der Waals surface area contributed by atoms with Gasteiger partial charge in [0.1, 0.15) is 0 Å². The number of rotatable bonds is 6. The van der Waals surface area contributed by atoms with Crippen molar-refractivity contribution in [3.63, 3.8) is 0 Å². The van der Waals surface area contributed by atoms with E-state index in [9.17, 15) is 4.79 Å². The largest absolute Gasteiger partial charge is 0.384 e. The Balaban J connectivity index is 1.85. The van der Waals surface area contributed by atoms with Crippen LogP contribution in [0.3, 0.4) is 0 Å². The zero-order valence-electron chi connectivity index (χ0n) is 14.5. The van der Waals surface area contributed by atoms with E-state index in [-0.39, 0.29) is 5.91 Å². The van der Waals surface area contributed by atoms with Crippen LogP contribution in [0.5, 0.6) is 0 Å². The molecule has 0 fully saturated rings. The van der Waals surface area contributed by atoms with Crippen molar-refractivity contribution < 1.29 is 4.79 Å². The summed E-state index contributed by atoms with van der Waals surface area (Å²) in [5, 5.41) is 3.41. The van der Waals surface area contributed by atoms with Crippen molar-refractivity contribution in [1.29, 1.82) is 0 Å². The Morgan fingerprint density at radius 3 is 2.26 bits per heavy atom. The third-order valence-corrected chi connectivity index (χ3v) is 4.01. The molecule has 0 aliphatic carbocycles.